The average Bonchev–Trinajstić information content (AvgIpc) is 2.99. The Balaban J connectivity index is 1.79. The molecule has 0 saturated carbocycles. The highest BCUT2D eigenvalue weighted by atomic mass is 79.9. The van der Waals surface area contributed by atoms with Crippen LogP contribution in [-0.4, -0.2) is 29.9 Å². The lowest BCUT2D eigenvalue weighted by molar-refractivity contribution is -0.115. The number of aryl methyl sites for hydroxylation is 1. The molecule has 1 N–H and O–H groups in total. The number of nitrogens with one attached hydrogen (secondary N) is 1. The highest BCUT2D eigenvalue weighted by Crippen LogP contribution is 2.32. The third-order valence-corrected chi connectivity index (χ3v) is 5.49. The fourth-order valence-corrected chi connectivity index (χ4v) is 4.07. The lowest BCUT2D eigenvalue weighted by Crippen LogP contribution is -2.14. The van der Waals surface area contributed by atoms with E-state index in [2.05, 4.69) is 57.3 Å². The van der Waals surface area contributed by atoms with Gasteiger partial charge in [0.2, 0.25) is 5.91 Å². The molecule has 1 amide bonds. The third-order valence-electron chi connectivity index (χ3n) is 4.01. The van der Waals surface area contributed by atoms with Gasteiger partial charge in [0.15, 0.2) is 5.13 Å². The zero-order valence-corrected chi connectivity index (χ0v) is 18.0. The number of carbonyl (C=O) groups excluding carboxylic acids is 1. The van der Waals surface area contributed by atoms with E-state index in [0.717, 1.165) is 32.7 Å². The SMILES string of the molecule is Cc1ccc(-c2nc(NC(=O)Cc3ccc(Br)cc3)sc2CN(C)C)cc1. The quantitative estimate of drug-likeness (QED) is 0.574. The third kappa shape index (κ3) is 5.48. The van der Waals surface area contributed by atoms with Crippen LogP contribution in [-0.2, 0) is 17.8 Å². The Morgan fingerprint density at radius 3 is 2.41 bits per heavy atom. The van der Waals surface area contributed by atoms with Crippen molar-refractivity contribution in [3.05, 3.63) is 69.0 Å². The predicted molar refractivity (Wildman–Crippen MR) is 116 cm³/mol. The zero-order valence-electron chi connectivity index (χ0n) is 15.6. The molecule has 0 radical (unpaired) electrons. The van der Waals surface area contributed by atoms with E-state index in [9.17, 15) is 4.79 Å². The van der Waals surface area contributed by atoms with Gasteiger partial charge in [-0.3, -0.25) is 4.79 Å². The summed E-state index contributed by atoms with van der Waals surface area (Å²) < 4.78 is 1.00. The van der Waals surface area contributed by atoms with Gasteiger partial charge < -0.3 is 10.2 Å². The van der Waals surface area contributed by atoms with Crippen LogP contribution in [0.1, 0.15) is 16.0 Å². The number of halogens is 1. The Labute approximate surface area is 172 Å². The van der Waals surface area contributed by atoms with E-state index in [1.54, 1.807) is 0 Å². The fourth-order valence-electron chi connectivity index (χ4n) is 2.69. The molecule has 0 saturated heterocycles. The van der Waals surface area contributed by atoms with Crippen LogP contribution in [0, 0.1) is 6.92 Å². The Morgan fingerprint density at radius 1 is 1.11 bits per heavy atom. The summed E-state index contributed by atoms with van der Waals surface area (Å²) >= 11 is 4.95. The summed E-state index contributed by atoms with van der Waals surface area (Å²) in [6.07, 6.45) is 0.329. The summed E-state index contributed by atoms with van der Waals surface area (Å²) in [4.78, 5) is 20.4. The molecule has 0 atom stereocenters. The minimum Gasteiger partial charge on any atom is -0.304 e. The number of hydrogen-bond donors (Lipinski definition) is 1. The number of rotatable bonds is 6. The second-order valence-corrected chi connectivity index (χ2v) is 8.75. The van der Waals surface area contributed by atoms with Crippen molar-refractivity contribution >= 4 is 38.3 Å². The van der Waals surface area contributed by atoms with Crippen molar-refractivity contribution in [1.82, 2.24) is 9.88 Å². The number of hydrogen-bond acceptors (Lipinski definition) is 4. The minimum absolute atomic E-state index is 0.0575. The zero-order chi connectivity index (χ0) is 19.4. The number of anilines is 1. The first-order chi connectivity index (χ1) is 12.9. The van der Waals surface area contributed by atoms with Crippen LogP contribution in [0.25, 0.3) is 11.3 Å². The van der Waals surface area contributed by atoms with Crippen LogP contribution in [0.2, 0.25) is 0 Å². The maximum absolute atomic E-state index is 12.4. The first-order valence-corrected chi connectivity index (χ1v) is 10.3. The molecule has 4 nitrogen and oxygen atoms in total. The first kappa shape index (κ1) is 19.7. The van der Waals surface area contributed by atoms with Gasteiger partial charge in [0.25, 0.3) is 0 Å². The lowest BCUT2D eigenvalue weighted by Gasteiger charge is -2.09. The molecule has 6 heteroatoms. The molecule has 0 aliphatic rings. The van der Waals surface area contributed by atoms with Crippen LogP contribution in [0.3, 0.4) is 0 Å². The van der Waals surface area contributed by atoms with E-state index in [1.807, 2.05) is 38.4 Å². The van der Waals surface area contributed by atoms with Crippen molar-refractivity contribution < 1.29 is 4.79 Å². The van der Waals surface area contributed by atoms with Crippen LogP contribution in [0.4, 0.5) is 5.13 Å². The molecule has 0 bridgehead atoms. The molecule has 0 spiro atoms. The van der Waals surface area contributed by atoms with Crippen LogP contribution in [0.5, 0.6) is 0 Å². The molecular weight excluding hydrogens is 422 g/mol. The topological polar surface area (TPSA) is 45.2 Å². The predicted octanol–water partition coefficient (Wildman–Crippen LogP) is 5.12. The number of amides is 1. The van der Waals surface area contributed by atoms with Crippen molar-refractivity contribution in [1.29, 1.82) is 0 Å². The van der Waals surface area contributed by atoms with Gasteiger partial charge >= 0.3 is 0 Å². The summed E-state index contributed by atoms with van der Waals surface area (Å²) in [6.45, 7) is 2.85. The van der Waals surface area contributed by atoms with E-state index in [4.69, 9.17) is 4.98 Å². The first-order valence-electron chi connectivity index (χ1n) is 8.66. The molecule has 140 valence electrons. The second kappa shape index (κ2) is 8.78. The van der Waals surface area contributed by atoms with Crippen molar-refractivity contribution in [2.75, 3.05) is 19.4 Å². The molecule has 1 aromatic heterocycles. The summed E-state index contributed by atoms with van der Waals surface area (Å²) in [5.74, 6) is -0.0575. The molecular formula is C21H22BrN3OS. The van der Waals surface area contributed by atoms with E-state index in [1.165, 1.54) is 16.9 Å². The number of carbonyl (C=O) groups is 1. The Morgan fingerprint density at radius 2 is 1.78 bits per heavy atom. The molecule has 2 aromatic carbocycles. The van der Waals surface area contributed by atoms with Crippen LogP contribution < -0.4 is 5.32 Å². The highest BCUT2D eigenvalue weighted by Gasteiger charge is 2.15. The molecule has 0 fully saturated rings. The largest absolute Gasteiger partial charge is 0.304 e. The number of nitrogens with zero attached hydrogens (tertiary/aromatic N) is 2. The van der Waals surface area contributed by atoms with E-state index in [-0.39, 0.29) is 5.91 Å². The van der Waals surface area contributed by atoms with E-state index < -0.39 is 0 Å². The number of benzene rings is 2. The summed E-state index contributed by atoms with van der Waals surface area (Å²) in [5, 5.41) is 3.60. The Kier molecular flexibility index (Phi) is 6.42. The number of thiazole rings is 1. The van der Waals surface area contributed by atoms with E-state index >= 15 is 0 Å². The van der Waals surface area contributed by atoms with Crippen molar-refractivity contribution in [2.24, 2.45) is 0 Å². The van der Waals surface area contributed by atoms with Crippen molar-refractivity contribution in [3.63, 3.8) is 0 Å². The molecule has 3 rings (SSSR count). The standard InChI is InChI=1S/C21H22BrN3OS/c1-14-4-8-16(9-5-14)20-18(13-25(2)3)27-21(24-20)23-19(26)12-15-6-10-17(22)11-7-15/h4-11H,12-13H2,1-3H3,(H,23,24,26). The van der Waals surface area contributed by atoms with Gasteiger partial charge in [-0.25, -0.2) is 4.98 Å². The lowest BCUT2D eigenvalue weighted by atomic mass is 10.1. The molecule has 27 heavy (non-hydrogen) atoms. The van der Waals surface area contributed by atoms with Gasteiger partial charge in [-0.1, -0.05) is 69.2 Å². The van der Waals surface area contributed by atoms with Gasteiger partial charge in [-0.15, -0.1) is 0 Å². The van der Waals surface area contributed by atoms with Crippen molar-refractivity contribution in [3.8, 4) is 11.3 Å². The smallest absolute Gasteiger partial charge is 0.230 e. The number of aromatic nitrogens is 1. The van der Waals surface area contributed by atoms with Gasteiger partial charge in [-0.2, -0.15) is 0 Å². The van der Waals surface area contributed by atoms with Crippen LogP contribution >= 0.6 is 27.3 Å². The van der Waals surface area contributed by atoms with Gasteiger partial charge in [-0.05, 0) is 38.7 Å². The second-order valence-electron chi connectivity index (χ2n) is 6.75. The molecule has 0 unspecified atom stereocenters. The van der Waals surface area contributed by atoms with Gasteiger partial charge in [0.1, 0.15) is 0 Å². The molecule has 3 aromatic rings. The Bertz CT molecular complexity index is 918. The van der Waals surface area contributed by atoms with Gasteiger partial charge in [0, 0.05) is 21.5 Å². The molecule has 0 aliphatic carbocycles. The van der Waals surface area contributed by atoms with Crippen LogP contribution in [0.15, 0.2) is 53.0 Å². The van der Waals surface area contributed by atoms with Crippen molar-refractivity contribution in [2.45, 2.75) is 19.9 Å². The molecule has 0 aliphatic heterocycles. The van der Waals surface area contributed by atoms with Gasteiger partial charge in [0.05, 0.1) is 12.1 Å². The average molecular weight is 444 g/mol. The minimum atomic E-state index is -0.0575. The Hall–Kier alpha value is -2.02. The van der Waals surface area contributed by atoms with E-state index in [0.29, 0.717) is 11.6 Å². The maximum atomic E-state index is 12.4. The normalized spacial score (nSPS) is 11.0. The summed E-state index contributed by atoms with van der Waals surface area (Å²) in [6, 6.07) is 16.1. The monoisotopic (exact) mass is 443 g/mol. The highest BCUT2D eigenvalue weighted by molar-refractivity contribution is 9.10. The molecule has 1 heterocycles. The summed E-state index contributed by atoms with van der Waals surface area (Å²) in [5.41, 5.74) is 4.19. The summed E-state index contributed by atoms with van der Waals surface area (Å²) in [7, 11) is 4.06. The maximum Gasteiger partial charge on any atom is 0.230 e. The fraction of sp³-hybridized carbons (Fsp3) is 0.238.